The number of thiazole rings is 1. The molecule has 0 saturated carbocycles. The monoisotopic (exact) mass is 438 g/mol. The third-order valence-electron chi connectivity index (χ3n) is 5.26. The highest BCUT2D eigenvalue weighted by Gasteiger charge is 2.30. The second kappa shape index (κ2) is 9.26. The van der Waals surface area contributed by atoms with Gasteiger partial charge in [-0.1, -0.05) is 42.5 Å². The molecular formula is C23H23FN4O2S. The Kier molecular flexibility index (Phi) is 6.27. The molecular weight excluding hydrogens is 415 g/mol. The van der Waals surface area contributed by atoms with Crippen LogP contribution in [0, 0.1) is 12.7 Å². The third-order valence-corrected chi connectivity index (χ3v) is 6.17. The topological polar surface area (TPSA) is 74.3 Å². The van der Waals surface area contributed by atoms with Gasteiger partial charge in [0.15, 0.2) is 5.13 Å². The van der Waals surface area contributed by atoms with E-state index in [2.05, 4.69) is 15.6 Å². The van der Waals surface area contributed by atoms with Crippen molar-refractivity contribution in [2.75, 3.05) is 18.4 Å². The number of urea groups is 1. The molecule has 1 aliphatic heterocycles. The molecule has 1 aliphatic rings. The van der Waals surface area contributed by atoms with E-state index in [4.69, 9.17) is 0 Å². The number of hydrogen-bond acceptors (Lipinski definition) is 4. The van der Waals surface area contributed by atoms with Crippen molar-refractivity contribution in [3.63, 3.8) is 0 Å². The van der Waals surface area contributed by atoms with Crippen LogP contribution in [0.25, 0.3) is 0 Å². The lowest BCUT2D eigenvalue weighted by Crippen LogP contribution is -2.39. The number of carbonyl (C=O) groups is 2. The van der Waals surface area contributed by atoms with Crippen LogP contribution in [0.4, 0.5) is 14.3 Å². The van der Waals surface area contributed by atoms with Crippen LogP contribution >= 0.6 is 11.3 Å². The summed E-state index contributed by atoms with van der Waals surface area (Å²) < 4.78 is 13.8. The first-order chi connectivity index (χ1) is 15.0. The fourth-order valence-electron chi connectivity index (χ4n) is 3.60. The van der Waals surface area contributed by atoms with Crippen LogP contribution in [-0.4, -0.2) is 34.9 Å². The highest BCUT2D eigenvalue weighted by molar-refractivity contribution is 7.15. The first kappa shape index (κ1) is 21.0. The Morgan fingerprint density at radius 1 is 1.29 bits per heavy atom. The van der Waals surface area contributed by atoms with Gasteiger partial charge in [0.25, 0.3) is 0 Å². The van der Waals surface area contributed by atoms with Gasteiger partial charge in [-0.15, -0.1) is 11.3 Å². The number of amides is 3. The molecule has 1 unspecified atom stereocenters. The maximum absolute atomic E-state index is 13.8. The number of halogens is 1. The third kappa shape index (κ3) is 5.08. The fraction of sp³-hybridized carbons (Fsp3) is 0.261. The zero-order valence-electron chi connectivity index (χ0n) is 17.1. The van der Waals surface area contributed by atoms with Crippen molar-refractivity contribution < 1.29 is 14.0 Å². The molecule has 0 radical (unpaired) electrons. The summed E-state index contributed by atoms with van der Waals surface area (Å²) in [6, 6.07) is 14.1. The predicted molar refractivity (Wildman–Crippen MR) is 119 cm³/mol. The van der Waals surface area contributed by atoms with Gasteiger partial charge >= 0.3 is 6.03 Å². The van der Waals surface area contributed by atoms with Crippen LogP contribution in [0.5, 0.6) is 0 Å². The summed E-state index contributed by atoms with van der Waals surface area (Å²) >= 11 is 1.36. The molecule has 2 aromatic carbocycles. The normalized spacial score (nSPS) is 16.5. The number of aryl methyl sites for hydroxylation is 1. The predicted octanol–water partition coefficient (Wildman–Crippen LogP) is 4.28. The van der Waals surface area contributed by atoms with Crippen molar-refractivity contribution in [3.8, 4) is 0 Å². The van der Waals surface area contributed by atoms with Gasteiger partial charge in [0.2, 0.25) is 5.91 Å². The maximum atomic E-state index is 13.8. The number of anilines is 1. The van der Waals surface area contributed by atoms with Crippen LogP contribution in [0.15, 0.2) is 54.7 Å². The summed E-state index contributed by atoms with van der Waals surface area (Å²) in [4.78, 5) is 32.1. The lowest BCUT2D eigenvalue weighted by atomic mass is 10.0. The van der Waals surface area contributed by atoms with Crippen molar-refractivity contribution in [2.24, 2.45) is 0 Å². The smallest absolute Gasteiger partial charge is 0.324 e. The molecule has 0 spiro atoms. The SMILES string of the molecule is Cc1ccc(Cc2cnc(NC(=O)N3CCNC(=O)CC3c3ccccc3)s2)cc1F. The minimum atomic E-state index is -0.348. The van der Waals surface area contributed by atoms with Crippen molar-refractivity contribution in [1.82, 2.24) is 15.2 Å². The number of hydrogen-bond donors (Lipinski definition) is 2. The summed E-state index contributed by atoms with van der Waals surface area (Å²) in [5.41, 5.74) is 2.38. The van der Waals surface area contributed by atoms with Gasteiger partial charge in [-0.2, -0.15) is 0 Å². The van der Waals surface area contributed by atoms with Crippen LogP contribution in [-0.2, 0) is 11.2 Å². The minimum Gasteiger partial charge on any atom is -0.354 e. The van der Waals surface area contributed by atoms with E-state index in [0.29, 0.717) is 30.2 Å². The van der Waals surface area contributed by atoms with E-state index in [1.165, 1.54) is 17.4 Å². The van der Waals surface area contributed by atoms with Crippen molar-refractivity contribution in [3.05, 3.63) is 82.1 Å². The quantitative estimate of drug-likeness (QED) is 0.639. The molecule has 31 heavy (non-hydrogen) atoms. The number of nitrogens with zero attached hydrogens (tertiary/aromatic N) is 2. The number of rotatable bonds is 4. The molecule has 1 fully saturated rings. The molecule has 0 aliphatic carbocycles. The van der Waals surface area contributed by atoms with E-state index in [1.54, 1.807) is 24.1 Å². The molecule has 8 heteroatoms. The molecule has 0 bridgehead atoms. The molecule has 3 amide bonds. The molecule has 1 aromatic heterocycles. The lowest BCUT2D eigenvalue weighted by molar-refractivity contribution is -0.121. The summed E-state index contributed by atoms with van der Waals surface area (Å²) in [7, 11) is 0. The second-order valence-corrected chi connectivity index (χ2v) is 8.61. The van der Waals surface area contributed by atoms with Crippen molar-refractivity contribution in [1.29, 1.82) is 0 Å². The number of nitrogens with one attached hydrogen (secondary N) is 2. The van der Waals surface area contributed by atoms with E-state index in [-0.39, 0.29) is 30.2 Å². The Morgan fingerprint density at radius 2 is 2.10 bits per heavy atom. The van der Waals surface area contributed by atoms with Gasteiger partial charge in [-0.05, 0) is 29.7 Å². The largest absolute Gasteiger partial charge is 0.354 e. The van der Waals surface area contributed by atoms with E-state index < -0.39 is 0 Å². The summed E-state index contributed by atoms with van der Waals surface area (Å²) in [5.74, 6) is -0.308. The number of benzene rings is 2. The molecule has 4 rings (SSSR count). The van der Waals surface area contributed by atoms with E-state index in [0.717, 1.165) is 16.0 Å². The van der Waals surface area contributed by atoms with Crippen LogP contribution < -0.4 is 10.6 Å². The van der Waals surface area contributed by atoms with Crippen LogP contribution in [0.3, 0.4) is 0 Å². The molecule has 2 heterocycles. The number of aromatic nitrogens is 1. The summed E-state index contributed by atoms with van der Waals surface area (Å²) in [6.45, 7) is 2.53. The van der Waals surface area contributed by atoms with Gasteiger partial charge in [0.1, 0.15) is 5.82 Å². The Balaban J connectivity index is 1.47. The average molecular weight is 439 g/mol. The van der Waals surface area contributed by atoms with E-state index in [9.17, 15) is 14.0 Å². The molecule has 3 aromatic rings. The standard InChI is InChI=1S/C23H23FN4O2S/c1-15-7-8-16(12-19(15)24)11-18-14-26-22(31-18)27-23(30)28-10-9-25-21(29)13-20(28)17-5-3-2-4-6-17/h2-8,12,14,20H,9-11,13H2,1H3,(H,25,29)(H,26,27,30). The van der Waals surface area contributed by atoms with Gasteiger partial charge in [-0.3, -0.25) is 10.1 Å². The molecule has 1 saturated heterocycles. The van der Waals surface area contributed by atoms with Gasteiger partial charge in [-0.25, -0.2) is 14.2 Å². The van der Waals surface area contributed by atoms with Gasteiger partial charge < -0.3 is 10.2 Å². The highest BCUT2D eigenvalue weighted by Crippen LogP contribution is 2.28. The maximum Gasteiger partial charge on any atom is 0.324 e. The average Bonchev–Trinajstić information content (AvgIpc) is 3.09. The second-order valence-electron chi connectivity index (χ2n) is 7.50. The summed E-state index contributed by atoms with van der Waals surface area (Å²) in [6.07, 6.45) is 2.44. The molecule has 160 valence electrons. The first-order valence-corrected chi connectivity index (χ1v) is 10.9. The Hall–Kier alpha value is -3.26. The zero-order chi connectivity index (χ0) is 21.8. The Bertz CT molecular complexity index is 1090. The van der Waals surface area contributed by atoms with Crippen molar-refractivity contribution >= 4 is 28.4 Å². The van der Waals surface area contributed by atoms with Gasteiger partial charge in [0.05, 0.1) is 12.5 Å². The fourth-order valence-corrected chi connectivity index (χ4v) is 4.44. The van der Waals surface area contributed by atoms with Crippen molar-refractivity contribution in [2.45, 2.75) is 25.8 Å². The van der Waals surface area contributed by atoms with E-state index in [1.807, 2.05) is 36.4 Å². The summed E-state index contributed by atoms with van der Waals surface area (Å²) in [5, 5.41) is 6.17. The zero-order valence-corrected chi connectivity index (χ0v) is 17.9. The highest BCUT2D eigenvalue weighted by atomic mass is 32.1. The van der Waals surface area contributed by atoms with Crippen LogP contribution in [0.2, 0.25) is 0 Å². The van der Waals surface area contributed by atoms with Crippen LogP contribution in [0.1, 0.15) is 34.0 Å². The number of carbonyl (C=O) groups excluding carboxylic acids is 2. The van der Waals surface area contributed by atoms with Gasteiger partial charge in [0, 0.05) is 30.6 Å². The lowest BCUT2D eigenvalue weighted by Gasteiger charge is -2.29. The molecule has 1 atom stereocenters. The molecule has 6 nitrogen and oxygen atoms in total. The molecule has 2 N–H and O–H groups in total. The minimum absolute atomic E-state index is 0.0778. The first-order valence-electron chi connectivity index (χ1n) is 10.1. The Morgan fingerprint density at radius 3 is 2.87 bits per heavy atom. The Labute approximate surface area is 184 Å². The van der Waals surface area contributed by atoms with E-state index >= 15 is 0 Å².